The molecule has 0 radical (unpaired) electrons. The first-order valence-electron chi connectivity index (χ1n) is 7.36. The summed E-state index contributed by atoms with van der Waals surface area (Å²) in [5.41, 5.74) is -0.181. The molecule has 4 heteroatoms. The van der Waals surface area contributed by atoms with E-state index in [4.69, 9.17) is 0 Å². The van der Waals surface area contributed by atoms with Crippen molar-refractivity contribution in [1.82, 2.24) is 4.90 Å². The summed E-state index contributed by atoms with van der Waals surface area (Å²) in [5.74, 6) is 0.166. The largest absolute Gasteiger partial charge is 0.385 e. The minimum atomic E-state index is -0.926. The molecule has 1 saturated heterocycles. The SMILES string of the molecule is O=C(C1CCC1)N1CCC(O)(c2ccc(F)cc2)CC1. The van der Waals surface area contributed by atoms with Crippen LogP contribution in [0, 0.1) is 11.7 Å². The Labute approximate surface area is 118 Å². The van der Waals surface area contributed by atoms with Gasteiger partial charge in [-0.05, 0) is 43.4 Å². The number of aliphatic hydroxyl groups is 1. The first kappa shape index (κ1) is 13.6. The molecule has 1 amide bonds. The van der Waals surface area contributed by atoms with Crippen LogP contribution in [0.2, 0.25) is 0 Å². The van der Waals surface area contributed by atoms with Crippen LogP contribution >= 0.6 is 0 Å². The second kappa shape index (κ2) is 5.17. The third-order valence-electron chi connectivity index (χ3n) is 4.74. The lowest BCUT2D eigenvalue weighted by molar-refractivity contribution is -0.142. The van der Waals surface area contributed by atoms with Gasteiger partial charge in [0.1, 0.15) is 5.82 Å². The number of hydrogen-bond acceptors (Lipinski definition) is 2. The van der Waals surface area contributed by atoms with E-state index in [1.807, 2.05) is 4.90 Å². The van der Waals surface area contributed by atoms with Gasteiger partial charge in [-0.15, -0.1) is 0 Å². The van der Waals surface area contributed by atoms with E-state index in [1.165, 1.54) is 12.1 Å². The quantitative estimate of drug-likeness (QED) is 0.902. The van der Waals surface area contributed by atoms with Crippen molar-refractivity contribution < 1.29 is 14.3 Å². The zero-order valence-corrected chi connectivity index (χ0v) is 11.5. The molecule has 108 valence electrons. The van der Waals surface area contributed by atoms with Gasteiger partial charge in [-0.1, -0.05) is 18.6 Å². The number of carbonyl (C=O) groups excluding carboxylic acids is 1. The lowest BCUT2D eigenvalue weighted by Gasteiger charge is -2.41. The maximum atomic E-state index is 12.9. The number of benzene rings is 1. The van der Waals surface area contributed by atoms with Crippen molar-refractivity contribution in [3.8, 4) is 0 Å². The molecule has 1 saturated carbocycles. The van der Waals surface area contributed by atoms with E-state index in [9.17, 15) is 14.3 Å². The second-order valence-electron chi connectivity index (χ2n) is 5.99. The minimum Gasteiger partial charge on any atom is -0.385 e. The number of likely N-dealkylation sites (tertiary alicyclic amines) is 1. The number of amides is 1. The minimum absolute atomic E-state index is 0.215. The molecule has 0 bridgehead atoms. The van der Waals surface area contributed by atoms with Gasteiger partial charge in [-0.2, -0.15) is 0 Å². The van der Waals surface area contributed by atoms with Gasteiger partial charge in [-0.3, -0.25) is 4.79 Å². The molecular formula is C16H20FNO2. The molecule has 1 heterocycles. The van der Waals surface area contributed by atoms with E-state index < -0.39 is 5.60 Å². The number of nitrogens with zero attached hydrogens (tertiary/aromatic N) is 1. The second-order valence-corrected chi connectivity index (χ2v) is 5.99. The van der Waals surface area contributed by atoms with Gasteiger partial charge in [0.05, 0.1) is 5.60 Å². The fraction of sp³-hybridized carbons (Fsp3) is 0.562. The summed E-state index contributed by atoms with van der Waals surface area (Å²) >= 11 is 0. The lowest BCUT2D eigenvalue weighted by Crippen LogP contribution is -2.48. The molecule has 20 heavy (non-hydrogen) atoms. The molecule has 2 aliphatic rings. The predicted octanol–water partition coefficient (Wildman–Crippen LogP) is 2.44. The molecule has 1 aliphatic carbocycles. The normalized spacial score (nSPS) is 22.4. The lowest BCUT2D eigenvalue weighted by atomic mass is 9.81. The zero-order chi connectivity index (χ0) is 14.2. The summed E-state index contributed by atoms with van der Waals surface area (Å²) in [6, 6.07) is 6.02. The van der Waals surface area contributed by atoms with Crippen LogP contribution in [0.5, 0.6) is 0 Å². The van der Waals surface area contributed by atoms with Crippen LogP contribution in [-0.4, -0.2) is 29.0 Å². The van der Waals surface area contributed by atoms with Crippen LogP contribution in [0.3, 0.4) is 0 Å². The van der Waals surface area contributed by atoms with Crippen LogP contribution in [0.4, 0.5) is 4.39 Å². The van der Waals surface area contributed by atoms with E-state index in [2.05, 4.69) is 0 Å². The summed E-state index contributed by atoms with van der Waals surface area (Å²) in [6.07, 6.45) is 4.23. The van der Waals surface area contributed by atoms with Crippen molar-refractivity contribution in [3.05, 3.63) is 35.6 Å². The van der Waals surface area contributed by atoms with Crippen LogP contribution in [0.1, 0.15) is 37.7 Å². The third kappa shape index (κ3) is 2.44. The molecule has 1 N–H and O–H groups in total. The summed E-state index contributed by atoms with van der Waals surface area (Å²) in [6.45, 7) is 1.17. The first-order valence-corrected chi connectivity index (χ1v) is 7.36. The summed E-state index contributed by atoms with van der Waals surface area (Å²) in [7, 11) is 0. The molecule has 0 unspecified atom stereocenters. The monoisotopic (exact) mass is 277 g/mol. The zero-order valence-electron chi connectivity index (χ0n) is 11.5. The van der Waals surface area contributed by atoms with Crippen molar-refractivity contribution in [3.63, 3.8) is 0 Å². The highest BCUT2D eigenvalue weighted by Gasteiger charge is 2.37. The molecule has 3 rings (SSSR count). The standard InChI is InChI=1S/C16H20FNO2/c17-14-6-4-13(5-7-14)16(20)8-10-18(11-9-16)15(19)12-2-1-3-12/h4-7,12,20H,1-3,8-11H2. The fourth-order valence-electron chi connectivity index (χ4n) is 3.06. The summed E-state index contributed by atoms with van der Waals surface area (Å²) in [4.78, 5) is 14.0. The fourth-order valence-corrected chi connectivity index (χ4v) is 3.06. The molecule has 0 spiro atoms. The first-order chi connectivity index (χ1) is 9.58. The van der Waals surface area contributed by atoms with Crippen molar-refractivity contribution in [2.75, 3.05) is 13.1 Å². The molecule has 3 nitrogen and oxygen atoms in total. The Hall–Kier alpha value is -1.42. The van der Waals surface area contributed by atoms with Gasteiger partial charge in [0.15, 0.2) is 0 Å². The number of carbonyl (C=O) groups is 1. The molecule has 0 atom stereocenters. The van der Waals surface area contributed by atoms with Gasteiger partial charge in [0.2, 0.25) is 5.91 Å². The summed E-state index contributed by atoms with van der Waals surface area (Å²) < 4.78 is 12.9. The third-order valence-corrected chi connectivity index (χ3v) is 4.74. The van der Waals surface area contributed by atoms with Crippen LogP contribution in [0.25, 0.3) is 0 Å². The van der Waals surface area contributed by atoms with Gasteiger partial charge in [0.25, 0.3) is 0 Å². The van der Waals surface area contributed by atoms with E-state index in [0.29, 0.717) is 25.9 Å². The Kier molecular flexibility index (Phi) is 3.50. The maximum absolute atomic E-state index is 12.9. The van der Waals surface area contributed by atoms with E-state index in [0.717, 1.165) is 24.8 Å². The average molecular weight is 277 g/mol. The molecule has 0 aromatic heterocycles. The summed E-state index contributed by atoms with van der Waals surface area (Å²) in [5, 5.41) is 10.7. The predicted molar refractivity (Wildman–Crippen MR) is 73.5 cm³/mol. The van der Waals surface area contributed by atoms with Crippen molar-refractivity contribution in [1.29, 1.82) is 0 Å². The Morgan fingerprint density at radius 1 is 1.20 bits per heavy atom. The van der Waals surface area contributed by atoms with Gasteiger partial charge < -0.3 is 10.0 Å². The average Bonchev–Trinajstić information content (AvgIpc) is 2.38. The van der Waals surface area contributed by atoms with Crippen molar-refractivity contribution >= 4 is 5.91 Å². The van der Waals surface area contributed by atoms with E-state index >= 15 is 0 Å². The molecule has 1 aromatic rings. The van der Waals surface area contributed by atoms with E-state index in [1.54, 1.807) is 12.1 Å². The number of hydrogen-bond donors (Lipinski definition) is 1. The van der Waals surface area contributed by atoms with Gasteiger partial charge in [0, 0.05) is 19.0 Å². The Bertz CT molecular complexity index is 488. The molecule has 2 fully saturated rings. The Balaban J connectivity index is 1.64. The van der Waals surface area contributed by atoms with Crippen molar-refractivity contribution in [2.45, 2.75) is 37.7 Å². The number of halogens is 1. The highest BCUT2D eigenvalue weighted by Crippen LogP contribution is 2.35. The highest BCUT2D eigenvalue weighted by molar-refractivity contribution is 5.79. The maximum Gasteiger partial charge on any atom is 0.225 e. The number of rotatable bonds is 2. The van der Waals surface area contributed by atoms with Gasteiger partial charge >= 0.3 is 0 Å². The smallest absolute Gasteiger partial charge is 0.225 e. The van der Waals surface area contributed by atoms with Crippen molar-refractivity contribution in [2.24, 2.45) is 5.92 Å². The topological polar surface area (TPSA) is 40.5 Å². The molecule has 1 aliphatic heterocycles. The number of piperidine rings is 1. The Morgan fingerprint density at radius 3 is 2.30 bits per heavy atom. The molecular weight excluding hydrogens is 257 g/mol. The highest BCUT2D eigenvalue weighted by atomic mass is 19.1. The molecule has 1 aromatic carbocycles. The van der Waals surface area contributed by atoms with Crippen LogP contribution in [0.15, 0.2) is 24.3 Å². The van der Waals surface area contributed by atoms with Gasteiger partial charge in [-0.25, -0.2) is 4.39 Å². The van der Waals surface area contributed by atoms with Crippen LogP contribution in [-0.2, 0) is 10.4 Å². The van der Waals surface area contributed by atoms with E-state index in [-0.39, 0.29) is 17.6 Å². The van der Waals surface area contributed by atoms with Crippen LogP contribution < -0.4 is 0 Å². The Morgan fingerprint density at radius 2 is 1.80 bits per heavy atom.